The van der Waals surface area contributed by atoms with Crippen molar-refractivity contribution >= 4 is 28.5 Å². The van der Waals surface area contributed by atoms with Crippen LogP contribution in [0.15, 0.2) is 18.2 Å². The van der Waals surface area contributed by atoms with E-state index in [-0.39, 0.29) is 11.7 Å². The molecule has 0 bridgehead atoms. The zero-order chi connectivity index (χ0) is 13.3. The molecule has 1 aliphatic heterocycles. The predicted molar refractivity (Wildman–Crippen MR) is 78.8 cm³/mol. The molecule has 1 atom stereocenters. The van der Waals surface area contributed by atoms with Crippen LogP contribution in [0.5, 0.6) is 5.75 Å². The van der Waals surface area contributed by atoms with E-state index in [2.05, 4.69) is 4.90 Å². The second-order valence-electron chi connectivity index (χ2n) is 4.82. The van der Waals surface area contributed by atoms with E-state index >= 15 is 0 Å². The minimum Gasteiger partial charge on any atom is -0.507 e. The largest absolute Gasteiger partial charge is 0.507 e. The number of hydrogen-bond acceptors (Lipinski definition) is 3. The van der Waals surface area contributed by atoms with Gasteiger partial charge >= 0.3 is 0 Å². The molecule has 1 amide bonds. The van der Waals surface area contributed by atoms with Gasteiger partial charge in [0.05, 0.1) is 3.57 Å². The SMILES string of the molecule is CN(C)C1CCN(C(=O)c2ccc(I)c(O)c2)C1. The van der Waals surface area contributed by atoms with Crippen LogP contribution in [-0.4, -0.2) is 54.0 Å². The molecule has 0 aromatic heterocycles. The van der Waals surface area contributed by atoms with Crippen LogP contribution in [0.25, 0.3) is 0 Å². The number of halogens is 1. The first-order chi connectivity index (χ1) is 8.49. The molecule has 5 heteroatoms. The maximum atomic E-state index is 12.3. The Balaban J connectivity index is 2.10. The van der Waals surface area contributed by atoms with Gasteiger partial charge in [0.25, 0.3) is 5.91 Å². The van der Waals surface area contributed by atoms with Crippen molar-refractivity contribution < 1.29 is 9.90 Å². The third kappa shape index (κ3) is 2.77. The lowest BCUT2D eigenvalue weighted by atomic mass is 10.2. The number of rotatable bonds is 2. The van der Waals surface area contributed by atoms with Crippen LogP contribution in [0, 0.1) is 3.57 Å². The molecule has 1 unspecified atom stereocenters. The number of phenolic OH excluding ortho intramolecular Hbond substituents is 1. The summed E-state index contributed by atoms with van der Waals surface area (Å²) >= 11 is 2.04. The van der Waals surface area contributed by atoms with E-state index in [0.717, 1.165) is 23.1 Å². The molecule has 1 N–H and O–H groups in total. The summed E-state index contributed by atoms with van der Waals surface area (Å²) in [5.74, 6) is 0.177. The Morgan fingerprint density at radius 2 is 2.22 bits per heavy atom. The summed E-state index contributed by atoms with van der Waals surface area (Å²) < 4.78 is 0.761. The van der Waals surface area contributed by atoms with Gasteiger partial charge < -0.3 is 14.9 Å². The normalized spacial score (nSPS) is 19.6. The number of likely N-dealkylation sites (tertiary alicyclic amines) is 1. The molecule has 0 aliphatic carbocycles. The predicted octanol–water partition coefficient (Wildman–Crippen LogP) is 1.77. The molecule has 0 radical (unpaired) electrons. The molecular weight excluding hydrogens is 343 g/mol. The Morgan fingerprint density at radius 1 is 1.50 bits per heavy atom. The van der Waals surface area contributed by atoms with Crippen molar-refractivity contribution in [2.24, 2.45) is 0 Å². The topological polar surface area (TPSA) is 43.8 Å². The highest BCUT2D eigenvalue weighted by molar-refractivity contribution is 14.1. The summed E-state index contributed by atoms with van der Waals surface area (Å²) in [4.78, 5) is 16.3. The second kappa shape index (κ2) is 5.44. The smallest absolute Gasteiger partial charge is 0.254 e. The molecule has 4 nitrogen and oxygen atoms in total. The quantitative estimate of drug-likeness (QED) is 0.818. The Morgan fingerprint density at radius 3 is 2.78 bits per heavy atom. The number of phenols is 1. The van der Waals surface area contributed by atoms with E-state index in [4.69, 9.17) is 0 Å². The molecule has 0 spiro atoms. The molecule has 1 saturated heterocycles. The fraction of sp³-hybridized carbons (Fsp3) is 0.462. The Kier molecular flexibility index (Phi) is 4.11. The van der Waals surface area contributed by atoms with Gasteiger partial charge in [-0.05, 0) is 61.3 Å². The first kappa shape index (κ1) is 13.6. The zero-order valence-corrected chi connectivity index (χ0v) is 12.7. The first-order valence-electron chi connectivity index (χ1n) is 5.93. The maximum absolute atomic E-state index is 12.3. The number of aromatic hydroxyl groups is 1. The van der Waals surface area contributed by atoms with E-state index in [1.807, 2.05) is 41.6 Å². The van der Waals surface area contributed by atoms with Gasteiger partial charge in [-0.15, -0.1) is 0 Å². The van der Waals surface area contributed by atoms with Crippen molar-refractivity contribution in [1.82, 2.24) is 9.80 Å². The van der Waals surface area contributed by atoms with Gasteiger partial charge in [0.2, 0.25) is 0 Å². The molecule has 18 heavy (non-hydrogen) atoms. The van der Waals surface area contributed by atoms with Crippen molar-refractivity contribution in [3.63, 3.8) is 0 Å². The lowest BCUT2D eigenvalue weighted by Gasteiger charge is -2.20. The monoisotopic (exact) mass is 360 g/mol. The van der Waals surface area contributed by atoms with Gasteiger partial charge in [0.15, 0.2) is 0 Å². The second-order valence-corrected chi connectivity index (χ2v) is 5.99. The lowest BCUT2D eigenvalue weighted by Crippen LogP contribution is -2.34. The first-order valence-corrected chi connectivity index (χ1v) is 7.01. The van der Waals surface area contributed by atoms with Crippen molar-refractivity contribution in [1.29, 1.82) is 0 Å². The van der Waals surface area contributed by atoms with Gasteiger partial charge in [-0.25, -0.2) is 0 Å². The fourth-order valence-corrected chi connectivity index (χ4v) is 2.51. The number of nitrogens with zero attached hydrogens (tertiary/aromatic N) is 2. The van der Waals surface area contributed by atoms with Crippen molar-refractivity contribution in [3.05, 3.63) is 27.3 Å². The lowest BCUT2D eigenvalue weighted by molar-refractivity contribution is 0.0782. The molecule has 98 valence electrons. The summed E-state index contributed by atoms with van der Waals surface area (Å²) in [5.41, 5.74) is 0.562. The summed E-state index contributed by atoms with van der Waals surface area (Å²) in [7, 11) is 4.07. The van der Waals surface area contributed by atoms with Gasteiger partial charge in [0, 0.05) is 24.7 Å². The summed E-state index contributed by atoms with van der Waals surface area (Å²) in [6.07, 6.45) is 1.01. The molecule has 1 aromatic rings. The van der Waals surface area contributed by atoms with Gasteiger partial charge in [-0.1, -0.05) is 0 Å². The Bertz CT molecular complexity index is 462. The third-order valence-electron chi connectivity index (χ3n) is 3.37. The minimum atomic E-state index is 0.00560. The number of likely N-dealkylation sites (N-methyl/N-ethyl adjacent to an activating group) is 1. The third-order valence-corrected chi connectivity index (χ3v) is 4.29. The average molecular weight is 360 g/mol. The molecule has 2 rings (SSSR count). The van der Waals surface area contributed by atoms with E-state index < -0.39 is 0 Å². The van der Waals surface area contributed by atoms with Crippen LogP contribution in [0.4, 0.5) is 0 Å². The van der Waals surface area contributed by atoms with Crippen LogP contribution in [0.1, 0.15) is 16.8 Å². The van der Waals surface area contributed by atoms with Crippen LogP contribution in [0.3, 0.4) is 0 Å². The summed E-state index contributed by atoms with van der Waals surface area (Å²) in [6, 6.07) is 5.52. The number of amides is 1. The van der Waals surface area contributed by atoms with E-state index in [9.17, 15) is 9.90 Å². The van der Waals surface area contributed by atoms with Gasteiger partial charge in [-0.3, -0.25) is 4.79 Å². The molecular formula is C13H17IN2O2. The number of hydrogen-bond donors (Lipinski definition) is 1. The molecule has 1 fully saturated rings. The number of benzene rings is 1. The van der Waals surface area contributed by atoms with Gasteiger partial charge in [0.1, 0.15) is 5.75 Å². The van der Waals surface area contributed by atoms with Gasteiger partial charge in [-0.2, -0.15) is 0 Å². The van der Waals surface area contributed by atoms with Crippen molar-refractivity contribution in [2.75, 3.05) is 27.2 Å². The standard InChI is InChI=1S/C13H17IN2O2/c1-15(2)10-5-6-16(8-10)13(18)9-3-4-11(14)12(17)7-9/h3-4,7,10,17H,5-6,8H2,1-2H3. The Hall–Kier alpha value is -0.820. The highest BCUT2D eigenvalue weighted by Gasteiger charge is 2.28. The molecule has 1 heterocycles. The van der Waals surface area contributed by atoms with Crippen molar-refractivity contribution in [3.8, 4) is 5.75 Å². The number of carbonyl (C=O) groups excluding carboxylic acids is 1. The summed E-state index contributed by atoms with van der Waals surface area (Å²) in [5, 5.41) is 9.65. The molecule has 0 saturated carbocycles. The van der Waals surface area contributed by atoms with Crippen LogP contribution in [0.2, 0.25) is 0 Å². The van der Waals surface area contributed by atoms with E-state index in [1.54, 1.807) is 18.2 Å². The number of carbonyl (C=O) groups is 1. The minimum absolute atomic E-state index is 0.00560. The fourth-order valence-electron chi connectivity index (χ4n) is 2.18. The van der Waals surface area contributed by atoms with E-state index in [1.165, 1.54) is 0 Å². The Labute approximate surface area is 121 Å². The average Bonchev–Trinajstić information content (AvgIpc) is 2.81. The highest BCUT2D eigenvalue weighted by Crippen LogP contribution is 2.23. The maximum Gasteiger partial charge on any atom is 0.254 e. The molecule has 1 aromatic carbocycles. The van der Waals surface area contributed by atoms with Crippen LogP contribution >= 0.6 is 22.6 Å². The highest BCUT2D eigenvalue weighted by atomic mass is 127. The zero-order valence-electron chi connectivity index (χ0n) is 10.6. The van der Waals surface area contributed by atoms with E-state index in [0.29, 0.717) is 11.6 Å². The van der Waals surface area contributed by atoms with Crippen LogP contribution in [-0.2, 0) is 0 Å². The summed E-state index contributed by atoms with van der Waals surface area (Å²) in [6.45, 7) is 1.55. The van der Waals surface area contributed by atoms with Crippen molar-refractivity contribution in [2.45, 2.75) is 12.5 Å². The molecule has 1 aliphatic rings. The van der Waals surface area contributed by atoms with Crippen LogP contribution < -0.4 is 0 Å².